The molecule has 0 bridgehead atoms. The molecule has 0 saturated carbocycles. The van der Waals surface area contributed by atoms with Crippen molar-refractivity contribution in [2.45, 2.75) is 13.5 Å². The fraction of sp³-hybridized carbons (Fsp3) is 0.0870. The Kier molecular flexibility index (Phi) is 6.11. The van der Waals surface area contributed by atoms with Crippen molar-refractivity contribution in [3.63, 3.8) is 0 Å². The molecule has 0 radical (unpaired) electrons. The van der Waals surface area contributed by atoms with E-state index in [1.165, 1.54) is 6.07 Å². The molecule has 5 nitrogen and oxygen atoms in total. The number of azo groups is 1. The number of thiocarbonyl (C=S) groups is 1. The second-order valence-corrected chi connectivity index (χ2v) is 8.26. The van der Waals surface area contributed by atoms with Gasteiger partial charge in [-0.1, -0.05) is 52.3 Å². The first kappa shape index (κ1) is 21.1. The molecule has 1 heterocycles. The van der Waals surface area contributed by atoms with Crippen molar-refractivity contribution < 1.29 is 9.50 Å². The van der Waals surface area contributed by atoms with Gasteiger partial charge in [-0.25, -0.2) is 4.39 Å². The predicted octanol–water partition coefficient (Wildman–Crippen LogP) is 7.09. The van der Waals surface area contributed by atoms with E-state index in [4.69, 9.17) is 12.2 Å². The van der Waals surface area contributed by atoms with Gasteiger partial charge in [-0.2, -0.15) is 0 Å². The van der Waals surface area contributed by atoms with Gasteiger partial charge in [0.05, 0.1) is 17.7 Å². The third kappa shape index (κ3) is 4.50. The van der Waals surface area contributed by atoms with E-state index in [-0.39, 0.29) is 16.7 Å². The van der Waals surface area contributed by atoms with Crippen LogP contribution in [-0.2, 0) is 6.54 Å². The maximum atomic E-state index is 13.8. The van der Waals surface area contributed by atoms with Crippen molar-refractivity contribution in [1.29, 1.82) is 0 Å². The highest BCUT2D eigenvalue weighted by molar-refractivity contribution is 9.10. The normalized spacial score (nSPS) is 11.3. The monoisotopic (exact) mass is 496 g/mol. The Balaban J connectivity index is 1.70. The lowest BCUT2D eigenvalue weighted by molar-refractivity contribution is 0.429. The lowest BCUT2D eigenvalue weighted by atomic mass is 10.1. The van der Waals surface area contributed by atoms with E-state index >= 15 is 0 Å². The summed E-state index contributed by atoms with van der Waals surface area (Å²) in [7, 11) is 0. The number of nitrogens with one attached hydrogen (secondary N) is 1. The summed E-state index contributed by atoms with van der Waals surface area (Å²) in [6, 6.07) is 19.8. The van der Waals surface area contributed by atoms with E-state index in [2.05, 4.69) is 31.5 Å². The van der Waals surface area contributed by atoms with Gasteiger partial charge in [0.1, 0.15) is 5.82 Å². The topological polar surface area (TPSA) is 61.9 Å². The van der Waals surface area contributed by atoms with Crippen molar-refractivity contribution in [3.05, 3.63) is 88.1 Å². The van der Waals surface area contributed by atoms with Gasteiger partial charge >= 0.3 is 0 Å². The predicted molar refractivity (Wildman–Crippen MR) is 129 cm³/mol. The summed E-state index contributed by atoms with van der Waals surface area (Å²) >= 11 is 8.65. The average Bonchev–Trinajstić information content (AvgIpc) is 3.00. The fourth-order valence-electron chi connectivity index (χ4n) is 3.31. The molecule has 8 heteroatoms. The molecule has 2 N–H and O–H groups in total. The number of benzene rings is 3. The molecule has 0 aliphatic carbocycles. The Hall–Kier alpha value is -3.10. The van der Waals surface area contributed by atoms with Crippen LogP contribution >= 0.6 is 28.1 Å². The van der Waals surface area contributed by atoms with E-state index in [1.54, 1.807) is 22.8 Å². The number of aromatic hydroxyl groups is 1. The van der Waals surface area contributed by atoms with Crippen LogP contribution in [0.15, 0.2) is 81.4 Å². The van der Waals surface area contributed by atoms with Crippen LogP contribution in [-0.4, -0.2) is 14.8 Å². The summed E-state index contributed by atoms with van der Waals surface area (Å²) in [4.78, 5) is 0. The van der Waals surface area contributed by atoms with Crippen LogP contribution in [0.1, 0.15) is 11.1 Å². The number of nitrogens with zero attached hydrogens (tertiary/aromatic N) is 3. The minimum Gasteiger partial charge on any atom is -0.493 e. The number of para-hydroxylation sites is 1. The number of fused-ring (bicyclic) bond motifs is 1. The van der Waals surface area contributed by atoms with Gasteiger partial charge in [-0.3, -0.25) is 0 Å². The van der Waals surface area contributed by atoms with Gasteiger partial charge in [-0.15, -0.1) is 10.2 Å². The van der Waals surface area contributed by atoms with Crippen molar-refractivity contribution in [2.75, 3.05) is 5.32 Å². The maximum absolute atomic E-state index is 13.8. The minimum atomic E-state index is -0.443. The van der Waals surface area contributed by atoms with Crippen LogP contribution in [0.25, 0.3) is 10.9 Å². The van der Waals surface area contributed by atoms with Gasteiger partial charge in [0, 0.05) is 9.86 Å². The van der Waals surface area contributed by atoms with Crippen LogP contribution in [0.5, 0.6) is 5.88 Å². The molecule has 1 aromatic heterocycles. The minimum absolute atomic E-state index is 0.0145. The Morgan fingerprint density at radius 3 is 2.65 bits per heavy atom. The van der Waals surface area contributed by atoms with Gasteiger partial charge in [0.2, 0.25) is 11.0 Å². The smallest absolute Gasteiger partial charge is 0.221 e. The van der Waals surface area contributed by atoms with Crippen LogP contribution in [0, 0.1) is 12.7 Å². The number of hydrogen-bond donors (Lipinski definition) is 2. The fourth-order valence-corrected chi connectivity index (χ4v) is 3.82. The first-order valence-corrected chi connectivity index (χ1v) is 10.7. The van der Waals surface area contributed by atoms with Crippen molar-refractivity contribution >= 4 is 55.5 Å². The zero-order valence-electron chi connectivity index (χ0n) is 16.5. The SMILES string of the molecule is Cc1ccccc1Cn1c(O)c(N=NC(=S)Nc2ccccc2F)c2cc(Br)ccc21. The van der Waals surface area contributed by atoms with Crippen LogP contribution < -0.4 is 5.32 Å². The van der Waals surface area contributed by atoms with Gasteiger partial charge < -0.3 is 15.0 Å². The number of aromatic nitrogens is 1. The highest BCUT2D eigenvalue weighted by Gasteiger charge is 2.18. The van der Waals surface area contributed by atoms with Crippen LogP contribution in [0.2, 0.25) is 0 Å². The van der Waals surface area contributed by atoms with Crippen LogP contribution in [0.4, 0.5) is 15.8 Å². The van der Waals surface area contributed by atoms with Crippen LogP contribution in [0.3, 0.4) is 0 Å². The molecule has 0 spiro atoms. The third-order valence-corrected chi connectivity index (χ3v) is 5.59. The van der Waals surface area contributed by atoms with Gasteiger partial charge in [0.25, 0.3) is 0 Å². The quantitative estimate of drug-likeness (QED) is 0.234. The third-order valence-electron chi connectivity index (χ3n) is 4.92. The summed E-state index contributed by atoms with van der Waals surface area (Å²) in [5.41, 5.74) is 3.52. The number of hydrogen-bond acceptors (Lipinski definition) is 3. The zero-order valence-corrected chi connectivity index (χ0v) is 18.9. The molecule has 0 aliphatic rings. The zero-order chi connectivity index (χ0) is 22.0. The summed E-state index contributed by atoms with van der Waals surface area (Å²) in [6.45, 7) is 2.51. The second-order valence-electron chi connectivity index (χ2n) is 6.96. The van der Waals surface area contributed by atoms with Crippen molar-refractivity contribution in [2.24, 2.45) is 10.2 Å². The standard InChI is InChI=1S/C23H18BrFN4OS/c1-14-6-2-3-7-15(14)13-29-20-11-10-16(24)12-17(20)21(22(29)30)27-28-23(31)26-19-9-5-4-8-18(19)25/h2-12,30H,13H2,1H3,(H,26,31). The maximum Gasteiger partial charge on any atom is 0.221 e. The first-order chi connectivity index (χ1) is 14.9. The number of aryl methyl sites for hydroxylation is 1. The summed E-state index contributed by atoms with van der Waals surface area (Å²) in [6.07, 6.45) is 0. The molecule has 0 aliphatic heterocycles. The van der Waals surface area contributed by atoms with E-state index in [1.807, 2.05) is 49.4 Å². The number of anilines is 1. The Labute approximate surface area is 192 Å². The Morgan fingerprint density at radius 1 is 1.13 bits per heavy atom. The lowest BCUT2D eigenvalue weighted by Crippen LogP contribution is -2.06. The molecule has 0 fully saturated rings. The molecule has 156 valence electrons. The second kappa shape index (κ2) is 8.95. The molecule has 3 aromatic carbocycles. The highest BCUT2D eigenvalue weighted by Crippen LogP contribution is 2.40. The van der Waals surface area contributed by atoms with E-state index in [0.29, 0.717) is 12.2 Å². The number of halogens is 2. The summed E-state index contributed by atoms with van der Waals surface area (Å²) in [5, 5.41) is 22.6. The molecule has 0 atom stereocenters. The highest BCUT2D eigenvalue weighted by atomic mass is 79.9. The molecule has 0 amide bonds. The number of rotatable bonds is 4. The van der Waals surface area contributed by atoms with Gasteiger partial charge in [0.15, 0.2) is 5.69 Å². The van der Waals surface area contributed by atoms with Crippen molar-refractivity contribution in [3.8, 4) is 5.88 Å². The molecule has 4 rings (SSSR count). The Morgan fingerprint density at radius 2 is 1.87 bits per heavy atom. The molecule has 0 unspecified atom stereocenters. The van der Waals surface area contributed by atoms with E-state index in [9.17, 15) is 9.50 Å². The average molecular weight is 497 g/mol. The molecule has 0 saturated heterocycles. The summed E-state index contributed by atoms with van der Waals surface area (Å²) < 4.78 is 16.5. The van der Waals surface area contributed by atoms with E-state index in [0.717, 1.165) is 26.5 Å². The molecular formula is C23H18BrFN4OS. The Bertz CT molecular complexity index is 1320. The molecule has 4 aromatic rings. The van der Waals surface area contributed by atoms with Crippen molar-refractivity contribution in [1.82, 2.24) is 4.57 Å². The van der Waals surface area contributed by atoms with Gasteiger partial charge in [-0.05, 0) is 60.6 Å². The lowest BCUT2D eigenvalue weighted by Gasteiger charge is -2.09. The first-order valence-electron chi connectivity index (χ1n) is 9.46. The summed E-state index contributed by atoms with van der Waals surface area (Å²) in [5.74, 6) is -0.463. The van der Waals surface area contributed by atoms with E-state index < -0.39 is 5.82 Å². The largest absolute Gasteiger partial charge is 0.493 e. The molecular weight excluding hydrogens is 479 g/mol. The molecule has 31 heavy (non-hydrogen) atoms.